The minimum atomic E-state index is -4.25. The molecule has 5 fully saturated rings. The summed E-state index contributed by atoms with van der Waals surface area (Å²) in [5.74, 6) is 0. The summed E-state index contributed by atoms with van der Waals surface area (Å²) in [5, 5.41) is 3.11. The van der Waals surface area contributed by atoms with Gasteiger partial charge in [-0.1, -0.05) is 0 Å². The molecule has 0 radical (unpaired) electrons. The van der Waals surface area contributed by atoms with Gasteiger partial charge in [0.1, 0.15) is 0 Å². The van der Waals surface area contributed by atoms with Crippen molar-refractivity contribution in [2.45, 2.75) is 30.2 Å². The molecule has 4 nitrogen and oxygen atoms in total. The van der Waals surface area contributed by atoms with Crippen LogP contribution in [-0.4, -0.2) is 49.8 Å². The molecule has 0 aromatic heterocycles. The SMILES string of the molecule is O=S(=O)(N1CC2(CNC2)C1)C12CC(C(F)(F)F)(C1)C2. The zero-order valence-corrected chi connectivity index (χ0v) is 11.1. The van der Waals surface area contributed by atoms with Gasteiger partial charge < -0.3 is 5.32 Å². The Morgan fingerprint density at radius 1 is 1.05 bits per heavy atom. The van der Waals surface area contributed by atoms with E-state index in [-0.39, 0.29) is 24.7 Å². The van der Waals surface area contributed by atoms with Gasteiger partial charge >= 0.3 is 6.18 Å². The second kappa shape index (κ2) is 2.96. The highest BCUT2D eigenvalue weighted by Gasteiger charge is 2.83. The monoisotopic (exact) mass is 296 g/mol. The van der Waals surface area contributed by atoms with E-state index in [1.54, 1.807) is 0 Å². The summed E-state index contributed by atoms with van der Waals surface area (Å²) in [4.78, 5) is 0. The zero-order chi connectivity index (χ0) is 13.7. The molecule has 2 saturated heterocycles. The van der Waals surface area contributed by atoms with Gasteiger partial charge in [0.25, 0.3) is 0 Å². The van der Waals surface area contributed by atoms with E-state index in [1.165, 1.54) is 4.31 Å². The number of nitrogens with one attached hydrogen (secondary N) is 1. The molecule has 3 saturated carbocycles. The first-order valence-electron chi connectivity index (χ1n) is 6.41. The first-order valence-corrected chi connectivity index (χ1v) is 7.85. The maximum Gasteiger partial charge on any atom is 0.394 e. The number of alkyl halides is 3. The van der Waals surface area contributed by atoms with Gasteiger partial charge in [-0.05, 0) is 19.3 Å². The van der Waals surface area contributed by atoms with E-state index in [0.29, 0.717) is 13.1 Å². The number of halogens is 3. The van der Waals surface area contributed by atoms with Gasteiger partial charge in [0.15, 0.2) is 0 Å². The number of hydrogen-bond donors (Lipinski definition) is 1. The standard InChI is InChI=1S/C11H15F3N2O2S/c12-11(13,14)9-1-10(2-9,3-9)19(17,18)16-6-8(7-16)4-15-5-8/h15H,1-7H2. The van der Waals surface area contributed by atoms with Crippen molar-refractivity contribution in [1.29, 1.82) is 0 Å². The van der Waals surface area contributed by atoms with Crippen LogP contribution in [0.1, 0.15) is 19.3 Å². The molecule has 0 aromatic carbocycles. The largest absolute Gasteiger partial charge is 0.394 e. The van der Waals surface area contributed by atoms with E-state index in [9.17, 15) is 21.6 Å². The predicted molar refractivity (Wildman–Crippen MR) is 60.9 cm³/mol. The van der Waals surface area contributed by atoms with Crippen LogP contribution in [0.4, 0.5) is 13.2 Å². The fourth-order valence-corrected chi connectivity index (χ4v) is 6.93. The van der Waals surface area contributed by atoms with Gasteiger partial charge in [0, 0.05) is 31.6 Å². The molecule has 0 amide bonds. The Morgan fingerprint density at radius 2 is 1.58 bits per heavy atom. The topological polar surface area (TPSA) is 49.4 Å². The van der Waals surface area contributed by atoms with E-state index in [4.69, 9.17) is 0 Å². The maximum absolute atomic E-state index is 12.7. The highest BCUT2D eigenvalue weighted by Crippen LogP contribution is 2.76. The number of nitrogens with zero attached hydrogens (tertiary/aromatic N) is 1. The summed E-state index contributed by atoms with van der Waals surface area (Å²) < 4.78 is 63.3. The molecule has 0 aromatic rings. The summed E-state index contributed by atoms with van der Waals surface area (Å²) >= 11 is 0. The Bertz CT molecular complexity index is 525. The Morgan fingerprint density at radius 3 is 1.95 bits per heavy atom. The molecule has 3 aliphatic carbocycles. The Balaban J connectivity index is 1.48. The Hall–Kier alpha value is -0.340. The summed E-state index contributed by atoms with van der Waals surface area (Å²) in [7, 11) is -3.54. The number of hydrogen-bond acceptors (Lipinski definition) is 3. The van der Waals surface area contributed by atoms with Gasteiger partial charge in [-0.2, -0.15) is 13.2 Å². The summed E-state index contributed by atoms with van der Waals surface area (Å²) in [6.45, 7) is 2.59. The van der Waals surface area contributed by atoms with Crippen LogP contribution in [0.15, 0.2) is 0 Å². The molecule has 0 atom stereocenters. The molecule has 108 valence electrons. The summed E-state index contributed by atoms with van der Waals surface area (Å²) in [6, 6.07) is 0. The Kier molecular flexibility index (Phi) is 1.94. The zero-order valence-electron chi connectivity index (χ0n) is 10.3. The second-order valence-corrected chi connectivity index (χ2v) is 9.20. The predicted octanol–water partition coefficient (Wildman–Crippen LogP) is 0.706. The lowest BCUT2D eigenvalue weighted by Crippen LogP contribution is -2.80. The van der Waals surface area contributed by atoms with Gasteiger partial charge in [0.2, 0.25) is 10.0 Å². The van der Waals surface area contributed by atoms with Crippen LogP contribution < -0.4 is 5.32 Å². The average molecular weight is 296 g/mol. The van der Waals surface area contributed by atoms with Crippen molar-refractivity contribution in [1.82, 2.24) is 9.62 Å². The number of sulfonamides is 1. The molecular formula is C11H15F3N2O2S. The van der Waals surface area contributed by atoms with Crippen molar-refractivity contribution in [2.24, 2.45) is 10.8 Å². The molecule has 1 spiro atoms. The molecule has 8 heteroatoms. The second-order valence-electron chi connectivity index (χ2n) is 6.87. The lowest BCUT2D eigenvalue weighted by molar-refractivity contribution is -0.315. The van der Waals surface area contributed by atoms with Crippen LogP contribution >= 0.6 is 0 Å². The molecule has 2 aliphatic heterocycles. The average Bonchev–Trinajstić information content (AvgIpc) is 1.85. The normalized spacial score (nSPS) is 43.9. The van der Waals surface area contributed by atoms with Crippen molar-refractivity contribution < 1.29 is 21.6 Å². The van der Waals surface area contributed by atoms with Crippen molar-refractivity contribution in [2.75, 3.05) is 26.2 Å². The molecule has 19 heavy (non-hydrogen) atoms. The molecule has 1 N–H and O–H groups in total. The third-order valence-electron chi connectivity index (χ3n) is 5.49. The van der Waals surface area contributed by atoms with E-state index in [1.807, 2.05) is 0 Å². The lowest BCUT2D eigenvalue weighted by atomic mass is 9.43. The van der Waals surface area contributed by atoms with E-state index in [2.05, 4.69) is 5.32 Å². The van der Waals surface area contributed by atoms with Gasteiger partial charge in [-0.3, -0.25) is 0 Å². The highest BCUT2D eigenvalue weighted by atomic mass is 32.2. The molecule has 2 heterocycles. The fraction of sp³-hybridized carbons (Fsp3) is 1.00. The molecule has 0 unspecified atom stereocenters. The van der Waals surface area contributed by atoms with Crippen LogP contribution in [0, 0.1) is 10.8 Å². The molecule has 2 bridgehead atoms. The van der Waals surface area contributed by atoms with Crippen molar-refractivity contribution in [3.8, 4) is 0 Å². The fourth-order valence-electron chi connectivity index (χ4n) is 4.12. The van der Waals surface area contributed by atoms with Gasteiger partial charge in [-0.15, -0.1) is 0 Å². The first kappa shape index (κ1) is 12.4. The van der Waals surface area contributed by atoms with Crippen LogP contribution in [0.3, 0.4) is 0 Å². The van der Waals surface area contributed by atoms with Crippen LogP contribution in [0.2, 0.25) is 0 Å². The van der Waals surface area contributed by atoms with E-state index >= 15 is 0 Å². The molecular weight excluding hydrogens is 281 g/mol. The Labute approximate surface area is 109 Å². The number of rotatable bonds is 2. The minimum absolute atomic E-state index is 0.0678. The van der Waals surface area contributed by atoms with Crippen LogP contribution in [0.25, 0.3) is 0 Å². The van der Waals surface area contributed by atoms with E-state index < -0.39 is 26.4 Å². The third-order valence-corrected chi connectivity index (χ3v) is 7.96. The maximum atomic E-state index is 12.7. The summed E-state index contributed by atoms with van der Waals surface area (Å²) in [6.07, 6.45) is -4.94. The summed E-state index contributed by atoms with van der Waals surface area (Å²) in [5.41, 5.74) is -1.63. The third kappa shape index (κ3) is 1.22. The molecule has 5 aliphatic rings. The van der Waals surface area contributed by atoms with Crippen LogP contribution in [0.5, 0.6) is 0 Å². The van der Waals surface area contributed by atoms with Crippen LogP contribution in [-0.2, 0) is 10.0 Å². The van der Waals surface area contributed by atoms with Gasteiger partial charge in [0.05, 0.1) is 10.2 Å². The van der Waals surface area contributed by atoms with Crippen molar-refractivity contribution in [3.63, 3.8) is 0 Å². The van der Waals surface area contributed by atoms with Crippen molar-refractivity contribution in [3.05, 3.63) is 0 Å². The smallest absolute Gasteiger partial charge is 0.315 e. The lowest BCUT2D eigenvalue weighted by Gasteiger charge is -2.71. The first-order chi connectivity index (χ1) is 8.64. The highest BCUT2D eigenvalue weighted by molar-refractivity contribution is 7.90. The van der Waals surface area contributed by atoms with Crippen molar-refractivity contribution >= 4 is 10.0 Å². The van der Waals surface area contributed by atoms with Gasteiger partial charge in [-0.25, -0.2) is 12.7 Å². The quantitative estimate of drug-likeness (QED) is 0.816. The van der Waals surface area contributed by atoms with E-state index in [0.717, 1.165) is 13.1 Å². The molecule has 5 rings (SSSR count). The minimum Gasteiger partial charge on any atom is -0.315 e.